The number of nitrogens with one attached hydrogen (secondary N) is 1. The van der Waals surface area contributed by atoms with E-state index < -0.39 is 34.3 Å². The van der Waals surface area contributed by atoms with Gasteiger partial charge in [0.05, 0.1) is 10.6 Å². The number of nitrogens with zero attached hydrogens (tertiary/aromatic N) is 2. The highest BCUT2D eigenvalue weighted by atomic mass is 32.2. The zero-order valence-electron chi connectivity index (χ0n) is 21.9. The first-order valence-corrected chi connectivity index (χ1v) is 14.0. The fourth-order valence-electron chi connectivity index (χ4n) is 3.95. The van der Waals surface area contributed by atoms with E-state index in [0.29, 0.717) is 6.54 Å². The van der Waals surface area contributed by atoms with Gasteiger partial charge in [0.15, 0.2) is 0 Å². The molecule has 0 fully saturated rings. The lowest BCUT2D eigenvalue weighted by molar-refractivity contribution is -0.139. The molecular formula is C29H34FN3O4S. The van der Waals surface area contributed by atoms with E-state index in [-0.39, 0.29) is 23.0 Å². The number of anilines is 1. The van der Waals surface area contributed by atoms with E-state index in [1.165, 1.54) is 29.2 Å². The van der Waals surface area contributed by atoms with Crippen LogP contribution in [0.4, 0.5) is 10.1 Å². The van der Waals surface area contributed by atoms with Gasteiger partial charge in [0.1, 0.15) is 18.4 Å². The highest BCUT2D eigenvalue weighted by molar-refractivity contribution is 7.92. The van der Waals surface area contributed by atoms with Crippen LogP contribution in [0.5, 0.6) is 0 Å². The van der Waals surface area contributed by atoms with Crippen molar-refractivity contribution >= 4 is 27.5 Å². The van der Waals surface area contributed by atoms with Gasteiger partial charge in [-0.3, -0.25) is 13.9 Å². The van der Waals surface area contributed by atoms with Gasteiger partial charge in [-0.05, 0) is 67.8 Å². The van der Waals surface area contributed by atoms with E-state index in [1.54, 1.807) is 25.1 Å². The van der Waals surface area contributed by atoms with Crippen molar-refractivity contribution in [2.24, 2.45) is 0 Å². The fourth-order valence-corrected chi connectivity index (χ4v) is 5.38. The Morgan fingerprint density at radius 1 is 0.947 bits per heavy atom. The van der Waals surface area contributed by atoms with Crippen molar-refractivity contribution in [1.29, 1.82) is 0 Å². The smallest absolute Gasteiger partial charge is 0.264 e. The van der Waals surface area contributed by atoms with Gasteiger partial charge in [-0.15, -0.1) is 0 Å². The highest BCUT2D eigenvalue weighted by Gasteiger charge is 2.32. The Labute approximate surface area is 224 Å². The summed E-state index contributed by atoms with van der Waals surface area (Å²) < 4.78 is 41.9. The molecule has 3 aromatic carbocycles. The van der Waals surface area contributed by atoms with Crippen LogP contribution in [0.25, 0.3) is 0 Å². The summed E-state index contributed by atoms with van der Waals surface area (Å²) in [6.07, 6.45) is 1.71. The van der Waals surface area contributed by atoms with Crippen LogP contribution in [0.2, 0.25) is 0 Å². The predicted molar refractivity (Wildman–Crippen MR) is 146 cm³/mol. The summed E-state index contributed by atoms with van der Waals surface area (Å²) in [6.45, 7) is 5.59. The fraction of sp³-hybridized carbons (Fsp3) is 0.310. The Bertz CT molecular complexity index is 1330. The maximum absolute atomic E-state index is 13.8. The summed E-state index contributed by atoms with van der Waals surface area (Å²) in [5.74, 6) is -1.41. The molecule has 1 unspecified atom stereocenters. The number of carbonyl (C=O) groups is 2. The van der Waals surface area contributed by atoms with E-state index in [9.17, 15) is 22.4 Å². The van der Waals surface area contributed by atoms with E-state index in [4.69, 9.17) is 0 Å². The summed E-state index contributed by atoms with van der Waals surface area (Å²) >= 11 is 0. The number of benzene rings is 3. The lowest BCUT2D eigenvalue weighted by Gasteiger charge is -2.32. The third-order valence-electron chi connectivity index (χ3n) is 6.32. The molecule has 38 heavy (non-hydrogen) atoms. The normalized spacial score (nSPS) is 12.0. The average molecular weight is 540 g/mol. The largest absolute Gasteiger partial charge is 0.354 e. The molecule has 0 saturated carbocycles. The maximum atomic E-state index is 13.8. The Morgan fingerprint density at radius 2 is 1.58 bits per heavy atom. The number of hydrogen-bond acceptors (Lipinski definition) is 4. The molecular weight excluding hydrogens is 505 g/mol. The molecule has 7 nitrogen and oxygen atoms in total. The van der Waals surface area contributed by atoms with E-state index in [0.717, 1.165) is 40.4 Å². The van der Waals surface area contributed by atoms with Crippen molar-refractivity contribution < 1.29 is 22.4 Å². The number of hydrogen-bond donors (Lipinski definition) is 1. The van der Waals surface area contributed by atoms with Gasteiger partial charge in [0.25, 0.3) is 10.0 Å². The van der Waals surface area contributed by atoms with E-state index in [1.807, 2.05) is 38.1 Å². The van der Waals surface area contributed by atoms with Gasteiger partial charge in [0, 0.05) is 13.1 Å². The van der Waals surface area contributed by atoms with Crippen molar-refractivity contribution in [3.05, 3.63) is 95.8 Å². The van der Waals surface area contributed by atoms with Crippen molar-refractivity contribution in [2.75, 3.05) is 17.4 Å². The second kappa shape index (κ2) is 13.2. The van der Waals surface area contributed by atoms with Crippen LogP contribution >= 0.6 is 0 Å². The van der Waals surface area contributed by atoms with Crippen LogP contribution in [0.15, 0.2) is 83.8 Å². The summed E-state index contributed by atoms with van der Waals surface area (Å²) in [6, 6.07) is 19.3. The topological polar surface area (TPSA) is 86.8 Å². The zero-order valence-corrected chi connectivity index (χ0v) is 22.7. The van der Waals surface area contributed by atoms with Crippen LogP contribution < -0.4 is 9.62 Å². The van der Waals surface area contributed by atoms with Gasteiger partial charge < -0.3 is 10.2 Å². The molecule has 0 radical (unpaired) electrons. The van der Waals surface area contributed by atoms with Crippen LogP contribution in [0.3, 0.4) is 0 Å². The Morgan fingerprint density at radius 3 is 2.21 bits per heavy atom. The first-order chi connectivity index (χ1) is 18.1. The molecule has 0 heterocycles. The van der Waals surface area contributed by atoms with Crippen LogP contribution in [-0.4, -0.2) is 44.3 Å². The zero-order chi connectivity index (χ0) is 27.7. The van der Waals surface area contributed by atoms with Crippen molar-refractivity contribution in [1.82, 2.24) is 10.2 Å². The van der Waals surface area contributed by atoms with E-state index in [2.05, 4.69) is 5.32 Å². The number of amides is 2. The summed E-state index contributed by atoms with van der Waals surface area (Å²) in [5, 5.41) is 2.86. The lowest BCUT2D eigenvalue weighted by Crippen LogP contribution is -2.51. The van der Waals surface area contributed by atoms with Crippen molar-refractivity contribution in [2.45, 2.75) is 51.1 Å². The third kappa shape index (κ3) is 7.19. The molecule has 0 bridgehead atoms. The number of carbonyl (C=O) groups excluding carboxylic acids is 2. The lowest BCUT2D eigenvalue weighted by atomic mass is 10.1. The number of rotatable bonds is 12. The SMILES string of the molecule is CCCCNC(=O)C(C)N(Cc1ccccc1C)C(=O)CN(c1ccc(F)cc1)S(=O)(=O)c1ccccc1. The van der Waals surface area contributed by atoms with E-state index >= 15 is 0 Å². The third-order valence-corrected chi connectivity index (χ3v) is 8.11. The second-order valence-corrected chi connectivity index (χ2v) is 10.9. The molecule has 0 aromatic heterocycles. The van der Waals surface area contributed by atoms with Gasteiger partial charge in [-0.25, -0.2) is 12.8 Å². The number of aryl methyl sites for hydroxylation is 1. The monoisotopic (exact) mass is 539 g/mol. The summed E-state index contributed by atoms with van der Waals surface area (Å²) in [5.41, 5.74) is 1.92. The standard InChI is InChI=1S/C29H34FN3O4S/c1-4-5-19-31-29(35)23(3)32(20-24-12-10-9-11-22(24)2)28(34)21-33(26-17-15-25(30)16-18-26)38(36,37)27-13-7-6-8-14-27/h6-18,23H,4-5,19-21H2,1-3H3,(H,31,35). The van der Waals surface area contributed by atoms with Gasteiger partial charge in [-0.2, -0.15) is 0 Å². The molecule has 2 amide bonds. The molecule has 0 aliphatic rings. The number of halogens is 1. The number of sulfonamides is 1. The second-order valence-electron chi connectivity index (χ2n) is 9.07. The molecule has 0 spiro atoms. The Kier molecular flexibility index (Phi) is 10.0. The summed E-state index contributed by atoms with van der Waals surface area (Å²) in [7, 11) is -4.18. The van der Waals surface area contributed by atoms with Gasteiger partial charge in [-0.1, -0.05) is 55.8 Å². The molecule has 0 aliphatic heterocycles. The minimum Gasteiger partial charge on any atom is -0.354 e. The highest BCUT2D eigenvalue weighted by Crippen LogP contribution is 2.25. The first kappa shape index (κ1) is 28.8. The number of unbranched alkanes of at least 4 members (excludes halogenated alkanes) is 1. The predicted octanol–water partition coefficient (Wildman–Crippen LogP) is 4.66. The quantitative estimate of drug-likeness (QED) is 0.339. The molecule has 3 aromatic rings. The average Bonchev–Trinajstić information content (AvgIpc) is 2.92. The molecule has 3 rings (SSSR count). The van der Waals surface area contributed by atoms with Crippen molar-refractivity contribution in [3.63, 3.8) is 0 Å². The minimum atomic E-state index is -4.18. The van der Waals surface area contributed by atoms with Gasteiger partial charge >= 0.3 is 0 Å². The van der Waals surface area contributed by atoms with Crippen LogP contribution in [-0.2, 0) is 26.2 Å². The molecule has 202 valence electrons. The molecule has 0 aliphatic carbocycles. The molecule has 0 saturated heterocycles. The molecule has 1 N–H and O–H groups in total. The molecule has 1 atom stereocenters. The van der Waals surface area contributed by atoms with Crippen molar-refractivity contribution in [3.8, 4) is 0 Å². The maximum Gasteiger partial charge on any atom is 0.264 e. The molecule has 9 heteroatoms. The van der Waals surface area contributed by atoms with Gasteiger partial charge in [0.2, 0.25) is 11.8 Å². The van der Waals surface area contributed by atoms with Crippen LogP contribution in [0, 0.1) is 12.7 Å². The summed E-state index contributed by atoms with van der Waals surface area (Å²) in [4.78, 5) is 28.2. The first-order valence-electron chi connectivity index (χ1n) is 12.6. The minimum absolute atomic E-state index is 0.00654. The van der Waals surface area contributed by atoms with Crippen LogP contribution in [0.1, 0.15) is 37.8 Å². The Hall–Kier alpha value is -3.72. The Balaban J connectivity index is 1.99.